The van der Waals surface area contributed by atoms with E-state index in [1.807, 2.05) is 0 Å². The van der Waals surface area contributed by atoms with Crippen LogP contribution in [-0.4, -0.2) is 50.1 Å². The van der Waals surface area contributed by atoms with E-state index in [1.54, 1.807) is 51.9 Å². The van der Waals surface area contributed by atoms with Gasteiger partial charge in [0.05, 0.1) is 18.8 Å². The Labute approximate surface area is 204 Å². The van der Waals surface area contributed by atoms with Crippen molar-refractivity contribution in [1.29, 1.82) is 0 Å². The summed E-state index contributed by atoms with van der Waals surface area (Å²) in [4.78, 5) is 35.5. The normalized spacial score (nSPS) is 13.5. The lowest BCUT2D eigenvalue weighted by molar-refractivity contribution is -0.131. The average molecular weight is 493 g/mol. The Hall–Kier alpha value is -4.31. The zero-order valence-corrected chi connectivity index (χ0v) is 19.5. The number of nitrogens with zero attached hydrogens (tertiary/aromatic N) is 5. The molecule has 0 saturated carbocycles. The minimum atomic E-state index is -0.353. The predicted octanol–water partition coefficient (Wildman–Crippen LogP) is 3.19. The van der Waals surface area contributed by atoms with Crippen LogP contribution in [0.15, 0.2) is 66.2 Å². The molecule has 178 valence electrons. The van der Waals surface area contributed by atoms with Crippen LogP contribution < -0.4 is 20.9 Å². The highest BCUT2D eigenvalue weighted by atomic mass is 35.5. The number of fused-ring (bicyclic) bond motifs is 1. The third-order valence-corrected chi connectivity index (χ3v) is 6.06. The number of nitrogen functional groups attached to an aromatic ring is 1. The number of hydrogen-bond donors (Lipinski definition) is 1. The molecule has 0 spiro atoms. The van der Waals surface area contributed by atoms with Crippen molar-refractivity contribution in [2.45, 2.75) is 6.04 Å². The summed E-state index contributed by atoms with van der Waals surface area (Å²) in [6.07, 6.45) is 2.56. The van der Waals surface area contributed by atoms with Crippen molar-refractivity contribution >= 4 is 34.5 Å². The SMILES string of the molecule is C=CC(=O)N1CC(n2c(=O)n(-c3ccc(Oc4cccc(Cl)c4)c(OC)c3)c3c(N)ncnc32)C1. The smallest absolute Gasteiger partial charge is 0.335 e. The molecule has 2 aromatic carbocycles. The van der Waals surface area contributed by atoms with Gasteiger partial charge in [0.15, 0.2) is 23.0 Å². The van der Waals surface area contributed by atoms with E-state index in [4.69, 9.17) is 26.8 Å². The van der Waals surface area contributed by atoms with E-state index in [-0.39, 0.29) is 23.5 Å². The number of rotatable bonds is 6. The maximum absolute atomic E-state index is 13.6. The minimum absolute atomic E-state index is 0.155. The highest BCUT2D eigenvalue weighted by molar-refractivity contribution is 6.30. The van der Waals surface area contributed by atoms with E-state index < -0.39 is 0 Å². The van der Waals surface area contributed by atoms with Crippen molar-refractivity contribution in [3.05, 3.63) is 77.0 Å². The molecule has 4 aromatic rings. The fraction of sp³-hybridized carbons (Fsp3) is 0.167. The van der Waals surface area contributed by atoms with E-state index in [0.717, 1.165) is 0 Å². The highest BCUT2D eigenvalue weighted by Crippen LogP contribution is 2.35. The van der Waals surface area contributed by atoms with Gasteiger partial charge in [0, 0.05) is 24.2 Å². The summed E-state index contributed by atoms with van der Waals surface area (Å²) in [5.74, 6) is 1.35. The van der Waals surface area contributed by atoms with E-state index in [0.29, 0.717) is 52.2 Å². The summed E-state index contributed by atoms with van der Waals surface area (Å²) >= 11 is 6.05. The van der Waals surface area contributed by atoms with Crippen LogP contribution in [0.3, 0.4) is 0 Å². The Balaban J connectivity index is 1.58. The zero-order valence-electron chi connectivity index (χ0n) is 18.7. The lowest BCUT2D eigenvalue weighted by Crippen LogP contribution is -2.52. The van der Waals surface area contributed by atoms with Gasteiger partial charge in [-0.05, 0) is 36.4 Å². The molecule has 0 radical (unpaired) electrons. The molecule has 2 aromatic heterocycles. The second-order valence-electron chi connectivity index (χ2n) is 7.91. The van der Waals surface area contributed by atoms with E-state index >= 15 is 0 Å². The highest BCUT2D eigenvalue weighted by Gasteiger charge is 2.35. The molecular formula is C24H21ClN6O4. The average Bonchev–Trinajstić information content (AvgIpc) is 3.11. The predicted molar refractivity (Wildman–Crippen MR) is 131 cm³/mol. The third-order valence-electron chi connectivity index (χ3n) is 5.82. The number of ether oxygens (including phenoxy) is 2. The first-order chi connectivity index (χ1) is 16.9. The van der Waals surface area contributed by atoms with Crippen molar-refractivity contribution in [2.24, 2.45) is 0 Å². The van der Waals surface area contributed by atoms with Crippen molar-refractivity contribution in [2.75, 3.05) is 25.9 Å². The van der Waals surface area contributed by atoms with Gasteiger partial charge in [0.1, 0.15) is 17.6 Å². The summed E-state index contributed by atoms with van der Waals surface area (Å²) in [6.45, 7) is 4.24. The lowest BCUT2D eigenvalue weighted by atomic mass is 10.1. The van der Waals surface area contributed by atoms with E-state index in [1.165, 1.54) is 24.1 Å². The van der Waals surface area contributed by atoms with Gasteiger partial charge >= 0.3 is 5.69 Å². The number of nitrogens with two attached hydrogens (primary N) is 1. The first kappa shape index (κ1) is 22.5. The zero-order chi connectivity index (χ0) is 24.7. The van der Waals surface area contributed by atoms with Crippen molar-refractivity contribution < 1.29 is 14.3 Å². The molecule has 0 atom stereocenters. The number of aromatic nitrogens is 4. The fourth-order valence-corrected chi connectivity index (χ4v) is 4.28. The van der Waals surface area contributed by atoms with Crippen LogP contribution in [-0.2, 0) is 4.79 Å². The Morgan fingerprint density at radius 3 is 2.71 bits per heavy atom. The number of amides is 1. The van der Waals surface area contributed by atoms with Gasteiger partial charge in [0.2, 0.25) is 5.91 Å². The topological polar surface area (TPSA) is 118 Å². The number of carbonyl (C=O) groups excluding carboxylic acids is 1. The van der Waals surface area contributed by atoms with Gasteiger partial charge in [-0.3, -0.25) is 13.9 Å². The van der Waals surface area contributed by atoms with Gasteiger partial charge in [-0.1, -0.05) is 24.2 Å². The summed E-state index contributed by atoms with van der Waals surface area (Å²) in [6, 6.07) is 11.8. The molecule has 1 aliphatic heterocycles. The number of carbonyl (C=O) groups is 1. The molecule has 35 heavy (non-hydrogen) atoms. The van der Waals surface area contributed by atoms with Crippen LogP contribution >= 0.6 is 11.6 Å². The number of anilines is 1. The fourth-order valence-electron chi connectivity index (χ4n) is 4.10. The van der Waals surface area contributed by atoms with Gasteiger partial charge in [-0.25, -0.2) is 14.8 Å². The minimum Gasteiger partial charge on any atom is -0.493 e. The Morgan fingerprint density at radius 1 is 1.20 bits per heavy atom. The number of methoxy groups -OCH3 is 1. The second kappa shape index (κ2) is 8.80. The van der Waals surface area contributed by atoms with Crippen LogP contribution in [0.2, 0.25) is 5.02 Å². The number of benzene rings is 2. The van der Waals surface area contributed by atoms with E-state index in [9.17, 15) is 9.59 Å². The Morgan fingerprint density at radius 2 is 2.00 bits per heavy atom. The molecule has 0 aliphatic carbocycles. The first-order valence-electron chi connectivity index (χ1n) is 10.7. The van der Waals surface area contributed by atoms with Crippen molar-refractivity contribution in [3.8, 4) is 22.9 Å². The van der Waals surface area contributed by atoms with Crippen LogP contribution in [0.4, 0.5) is 5.82 Å². The van der Waals surface area contributed by atoms with Gasteiger partial charge in [0.25, 0.3) is 0 Å². The molecule has 5 rings (SSSR count). The lowest BCUT2D eigenvalue weighted by Gasteiger charge is -2.38. The van der Waals surface area contributed by atoms with Gasteiger partial charge in [-0.2, -0.15) is 0 Å². The van der Waals surface area contributed by atoms with Crippen LogP contribution in [0.25, 0.3) is 16.9 Å². The Kier molecular flexibility index (Phi) is 5.65. The number of imidazole rings is 1. The van der Waals surface area contributed by atoms with Crippen molar-refractivity contribution in [3.63, 3.8) is 0 Å². The maximum Gasteiger partial charge on any atom is 0.335 e. The molecule has 0 bridgehead atoms. The van der Waals surface area contributed by atoms with Crippen LogP contribution in [0.5, 0.6) is 17.2 Å². The molecular weight excluding hydrogens is 472 g/mol. The standard InChI is InChI=1S/C24H21ClN6O4/c1-3-20(32)29-11-16(12-29)31-23-21(22(26)27-13-28-23)30(24(31)33)15-7-8-18(19(10-15)34-2)35-17-6-4-5-14(25)9-17/h3-10,13,16H,1,11-12H2,2H3,(H2,26,27,28). The quantitative estimate of drug-likeness (QED) is 0.411. The van der Waals surface area contributed by atoms with E-state index in [2.05, 4.69) is 16.5 Å². The molecule has 3 heterocycles. The molecule has 0 unspecified atom stereocenters. The molecule has 1 amide bonds. The van der Waals surface area contributed by atoms with Crippen LogP contribution in [0.1, 0.15) is 6.04 Å². The Bertz CT molecular complexity index is 1520. The summed E-state index contributed by atoms with van der Waals surface area (Å²) in [7, 11) is 1.51. The first-order valence-corrected chi connectivity index (χ1v) is 11.1. The molecule has 2 N–H and O–H groups in total. The molecule has 11 heteroatoms. The largest absolute Gasteiger partial charge is 0.493 e. The van der Waals surface area contributed by atoms with Crippen LogP contribution in [0, 0.1) is 0 Å². The van der Waals surface area contributed by atoms with Gasteiger partial charge in [-0.15, -0.1) is 0 Å². The van der Waals surface area contributed by atoms with Gasteiger partial charge < -0.3 is 20.1 Å². The van der Waals surface area contributed by atoms with Crippen molar-refractivity contribution in [1.82, 2.24) is 24.0 Å². The number of hydrogen-bond acceptors (Lipinski definition) is 7. The summed E-state index contributed by atoms with van der Waals surface area (Å²) in [5, 5.41) is 0.539. The number of likely N-dealkylation sites (tertiary alicyclic amines) is 1. The summed E-state index contributed by atoms with van der Waals surface area (Å²) < 4.78 is 14.5. The molecule has 1 aliphatic rings. The second-order valence-corrected chi connectivity index (χ2v) is 8.35. The maximum atomic E-state index is 13.6. The molecule has 1 fully saturated rings. The third kappa shape index (κ3) is 3.87. The summed E-state index contributed by atoms with van der Waals surface area (Å²) in [5.41, 5.74) is 7.08. The molecule has 10 nitrogen and oxygen atoms in total. The monoisotopic (exact) mass is 492 g/mol. The number of halogens is 1. The molecule has 1 saturated heterocycles.